The normalized spacial score (nSPS) is 11.6. The van der Waals surface area contributed by atoms with Gasteiger partial charge in [0.05, 0.1) is 27.9 Å². The van der Waals surface area contributed by atoms with Gasteiger partial charge in [0.15, 0.2) is 15.0 Å². The number of carbonyl (C=O) groups excluding carboxylic acids is 1. The minimum absolute atomic E-state index is 0.168. The molecule has 2 aromatic carbocycles. The number of anilines is 1. The van der Waals surface area contributed by atoms with Crippen molar-refractivity contribution in [2.24, 2.45) is 0 Å². The molecule has 0 aliphatic carbocycles. The highest BCUT2D eigenvalue weighted by molar-refractivity contribution is 7.90. The SMILES string of the molecule is CS(=O)(=O)c1ccc(C(=O)N(Cc2ccco2)c2nc3ccccc3s2)cc1. The first-order chi connectivity index (χ1) is 13.4. The first-order valence-electron chi connectivity index (χ1n) is 8.42. The second-order valence-corrected chi connectivity index (χ2v) is 9.26. The predicted octanol–water partition coefficient (Wildman–Crippen LogP) is 4.14. The third-order valence-electron chi connectivity index (χ3n) is 4.18. The van der Waals surface area contributed by atoms with E-state index in [1.54, 1.807) is 23.3 Å². The topological polar surface area (TPSA) is 80.5 Å². The Bertz CT molecular complexity index is 1190. The highest BCUT2D eigenvalue weighted by atomic mass is 32.2. The smallest absolute Gasteiger partial charge is 0.260 e. The average molecular weight is 412 g/mol. The van der Waals surface area contributed by atoms with E-state index in [9.17, 15) is 13.2 Å². The molecule has 0 saturated heterocycles. The number of thiazole rings is 1. The van der Waals surface area contributed by atoms with Crippen LogP contribution in [-0.2, 0) is 16.4 Å². The number of fused-ring (bicyclic) bond motifs is 1. The molecule has 0 aliphatic heterocycles. The number of nitrogens with zero attached hydrogens (tertiary/aromatic N) is 2. The maximum Gasteiger partial charge on any atom is 0.260 e. The Labute approximate surface area is 166 Å². The van der Waals surface area contributed by atoms with E-state index in [1.807, 2.05) is 24.3 Å². The van der Waals surface area contributed by atoms with Crippen LogP contribution in [0.1, 0.15) is 16.1 Å². The summed E-state index contributed by atoms with van der Waals surface area (Å²) in [7, 11) is -3.33. The van der Waals surface area contributed by atoms with Crippen molar-refractivity contribution < 1.29 is 17.6 Å². The Morgan fingerprint density at radius 1 is 1.07 bits per heavy atom. The molecule has 0 saturated carbocycles. The number of sulfone groups is 1. The number of furan rings is 1. The Hall–Kier alpha value is -2.97. The van der Waals surface area contributed by atoms with Gasteiger partial charge in [0.1, 0.15) is 5.76 Å². The van der Waals surface area contributed by atoms with Gasteiger partial charge in [0.2, 0.25) is 0 Å². The van der Waals surface area contributed by atoms with Crippen molar-refractivity contribution in [2.45, 2.75) is 11.4 Å². The summed E-state index contributed by atoms with van der Waals surface area (Å²) in [6, 6.07) is 17.1. The van der Waals surface area contributed by atoms with E-state index in [0.29, 0.717) is 16.5 Å². The van der Waals surface area contributed by atoms with Crippen LogP contribution < -0.4 is 4.90 Å². The molecule has 0 spiro atoms. The summed E-state index contributed by atoms with van der Waals surface area (Å²) < 4.78 is 29.7. The number of benzene rings is 2. The summed E-state index contributed by atoms with van der Waals surface area (Å²) in [4.78, 5) is 19.5. The number of rotatable bonds is 5. The third-order valence-corrected chi connectivity index (χ3v) is 6.37. The molecule has 2 heterocycles. The molecule has 0 atom stereocenters. The van der Waals surface area contributed by atoms with Crippen molar-refractivity contribution in [1.29, 1.82) is 0 Å². The summed E-state index contributed by atoms with van der Waals surface area (Å²) in [5, 5.41) is 0.551. The van der Waals surface area contributed by atoms with E-state index in [-0.39, 0.29) is 17.3 Å². The lowest BCUT2D eigenvalue weighted by Crippen LogP contribution is -2.30. The minimum Gasteiger partial charge on any atom is -0.467 e. The molecule has 0 N–H and O–H groups in total. The lowest BCUT2D eigenvalue weighted by molar-refractivity contribution is 0.0983. The van der Waals surface area contributed by atoms with Gasteiger partial charge in [-0.2, -0.15) is 0 Å². The van der Waals surface area contributed by atoms with Crippen LogP contribution in [0, 0.1) is 0 Å². The number of amides is 1. The number of aromatic nitrogens is 1. The number of hydrogen-bond acceptors (Lipinski definition) is 6. The Morgan fingerprint density at radius 2 is 1.82 bits per heavy atom. The average Bonchev–Trinajstić information content (AvgIpc) is 3.34. The maximum absolute atomic E-state index is 13.2. The van der Waals surface area contributed by atoms with Gasteiger partial charge in [-0.1, -0.05) is 23.5 Å². The number of para-hydroxylation sites is 1. The van der Waals surface area contributed by atoms with E-state index in [2.05, 4.69) is 4.98 Å². The van der Waals surface area contributed by atoms with E-state index >= 15 is 0 Å². The molecule has 6 nitrogen and oxygen atoms in total. The number of carbonyl (C=O) groups is 1. The van der Waals surface area contributed by atoms with E-state index in [0.717, 1.165) is 16.5 Å². The van der Waals surface area contributed by atoms with Gasteiger partial charge in [-0.05, 0) is 48.5 Å². The highest BCUT2D eigenvalue weighted by Gasteiger charge is 2.23. The van der Waals surface area contributed by atoms with Crippen molar-refractivity contribution >= 4 is 42.4 Å². The van der Waals surface area contributed by atoms with E-state index < -0.39 is 9.84 Å². The molecule has 0 bridgehead atoms. The van der Waals surface area contributed by atoms with Crippen molar-refractivity contribution in [1.82, 2.24) is 4.98 Å². The molecule has 8 heteroatoms. The molecule has 2 aromatic heterocycles. The Balaban J connectivity index is 1.73. The van der Waals surface area contributed by atoms with Gasteiger partial charge in [0, 0.05) is 11.8 Å². The van der Waals surface area contributed by atoms with E-state index in [4.69, 9.17) is 4.42 Å². The molecular formula is C20H16N2O4S2. The molecule has 0 unspecified atom stereocenters. The quantitative estimate of drug-likeness (QED) is 0.492. The molecule has 0 radical (unpaired) electrons. The first-order valence-corrected chi connectivity index (χ1v) is 11.1. The number of hydrogen-bond donors (Lipinski definition) is 0. The lowest BCUT2D eigenvalue weighted by atomic mass is 10.2. The van der Waals surface area contributed by atoms with Gasteiger partial charge in [-0.15, -0.1) is 0 Å². The van der Waals surface area contributed by atoms with Gasteiger partial charge in [-0.25, -0.2) is 13.4 Å². The summed E-state index contributed by atoms with van der Waals surface area (Å²) >= 11 is 1.41. The maximum atomic E-state index is 13.2. The summed E-state index contributed by atoms with van der Waals surface area (Å²) in [5.74, 6) is 0.343. The predicted molar refractivity (Wildman–Crippen MR) is 108 cm³/mol. The van der Waals surface area contributed by atoms with Crippen LogP contribution in [0.3, 0.4) is 0 Å². The minimum atomic E-state index is -3.33. The summed E-state index contributed by atoms with van der Waals surface area (Å²) in [6.45, 7) is 0.222. The Kier molecular flexibility index (Phi) is 4.74. The van der Waals surface area contributed by atoms with Gasteiger partial charge in [0.25, 0.3) is 5.91 Å². The zero-order valence-corrected chi connectivity index (χ0v) is 16.5. The standard InChI is InChI=1S/C20H16N2O4S2/c1-28(24,25)16-10-8-14(9-11-16)19(23)22(13-15-5-4-12-26-15)20-21-17-6-2-3-7-18(17)27-20/h2-12H,13H2,1H3. The molecule has 4 rings (SSSR count). The van der Waals surface area contributed by atoms with Gasteiger partial charge in [-0.3, -0.25) is 9.69 Å². The van der Waals surface area contributed by atoms with Crippen molar-refractivity contribution in [3.8, 4) is 0 Å². The summed E-state index contributed by atoms with van der Waals surface area (Å²) in [6.07, 6.45) is 2.69. The highest BCUT2D eigenvalue weighted by Crippen LogP contribution is 2.31. The summed E-state index contributed by atoms with van der Waals surface area (Å²) in [5.41, 5.74) is 1.19. The van der Waals surface area contributed by atoms with Crippen LogP contribution in [0.15, 0.2) is 76.2 Å². The van der Waals surface area contributed by atoms with Gasteiger partial charge >= 0.3 is 0 Å². The third kappa shape index (κ3) is 3.69. The van der Waals surface area contributed by atoms with Crippen LogP contribution in [0.2, 0.25) is 0 Å². The van der Waals surface area contributed by atoms with Crippen LogP contribution in [0.25, 0.3) is 10.2 Å². The zero-order valence-electron chi connectivity index (χ0n) is 14.9. The monoisotopic (exact) mass is 412 g/mol. The van der Waals surface area contributed by atoms with Crippen molar-refractivity contribution in [3.63, 3.8) is 0 Å². The molecule has 4 aromatic rings. The molecule has 0 fully saturated rings. The van der Waals surface area contributed by atoms with Crippen molar-refractivity contribution in [3.05, 3.63) is 78.3 Å². The van der Waals surface area contributed by atoms with Crippen LogP contribution in [-0.4, -0.2) is 25.6 Å². The van der Waals surface area contributed by atoms with Crippen LogP contribution in [0.5, 0.6) is 0 Å². The largest absolute Gasteiger partial charge is 0.467 e. The second-order valence-electron chi connectivity index (χ2n) is 6.23. The second kappa shape index (κ2) is 7.21. The fourth-order valence-electron chi connectivity index (χ4n) is 2.76. The molecule has 142 valence electrons. The van der Waals surface area contributed by atoms with Gasteiger partial charge < -0.3 is 4.42 Å². The zero-order chi connectivity index (χ0) is 19.7. The van der Waals surface area contributed by atoms with Crippen LogP contribution in [0.4, 0.5) is 5.13 Å². The van der Waals surface area contributed by atoms with E-state index in [1.165, 1.54) is 35.6 Å². The lowest BCUT2D eigenvalue weighted by Gasteiger charge is -2.19. The molecular weight excluding hydrogens is 396 g/mol. The fourth-order valence-corrected chi connectivity index (χ4v) is 4.35. The Morgan fingerprint density at radius 3 is 2.46 bits per heavy atom. The molecule has 1 amide bonds. The van der Waals surface area contributed by atoms with Crippen molar-refractivity contribution in [2.75, 3.05) is 11.2 Å². The molecule has 0 aliphatic rings. The van der Waals surface area contributed by atoms with Crippen LogP contribution >= 0.6 is 11.3 Å². The molecule has 28 heavy (non-hydrogen) atoms. The fraction of sp³-hybridized carbons (Fsp3) is 0.100. The first kappa shape index (κ1) is 18.4.